The van der Waals surface area contributed by atoms with E-state index >= 15 is 0 Å². The zero-order chi connectivity index (χ0) is 14.1. The summed E-state index contributed by atoms with van der Waals surface area (Å²) >= 11 is 9.33. The van der Waals surface area contributed by atoms with Gasteiger partial charge in [-0.05, 0) is 25.0 Å². The van der Waals surface area contributed by atoms with Crippen LogP contribution in [-0.4, -0.2) is 36.3 Å². The normalized spacial score (nSPS) is 10.3. The van der Waals surface area contributed by atoms with E-state index in [0.717, 1.165) is 18.2 Å². The van der Waals surface area contributed by atoms with Crippen LogP contribution in [0.5, 0.6) is 5.75 Å². The third kappa shape index (κ3) is 6.30. The highest BCUT2D eigenvalue weighted by molar-refractivity contribution is 9.09. The summed E-state index contributed by atoms with van der Waals surface area (Å²) in [6.07, 6.45) is 2.53. The molecule has 0 bridgehead atoms. The molecule has 19 heavy (non-hydrogen) atoms. The van der Waals surface area contributed by atoms with Crippen LogP contribution in [0.3, 0.4) is 0 Å². The number of hydrogen-bond acceptors (Lipinski definition) is 2. The topological polar surface area (TPSA) is 29.5 Å². The Kier molecular flexibility index (Phi) is 7.91. The van der Waals surface area contributed by atoms with Gasteiger partial charge in [0.2, 0.25) is 5.91 Å². The quantitative estimate of drug-likeness (QED) is 0.529. The smallest absolute Gasteiger partial charge is 0.222 e. The van der Waals surface area contributed by atoms with Gasteiger partial charge in [0.05, 0.1) is 11.6 Å². The molecule has 0 radical (unpaired) electrons. The van der Waals surface area contributed by atoms with Gasteiger partial charge in [-0.3, -0.25) is 4.79 Å². The van der Waals surface area contributed by atoms with Crippen molar-refractivity contribution >= 4 is 33.4 Å². The fourth-order valence-electron chi connectivity index (χ4n) is 1.54. The Morgan fingerprint density at radius 3 is 2.79 bits per heavy atom. The van der Waals surface area contributed by atoms with Gasteiger partial charge in [0.1, 0.15) is 12.4 Å². The van der Waals surface area contributed by atoms with E-state index < -0.39 is 0 Å². The van der Waals surface area contributed by atoms with Gasteiger partial charge in [0, 0.05) is 18.8 Å². The van der Waals surface area contributed by atoms with Crippen molar-refractivity contribution in [3.05, 3.63) is 29.3 Å². The van der Waals surface area contributed by atoms with E-state index in [0.29, 0.717) is 30.3 Å². The lowest BCUT2D eigenvalue weighted by atomic mass is 10.2. The Hall–Kier alpha value is -0.740. The number of halogens is 2. The third-order valence-corrected chi connectivity index (χ3v) is 3.59. The minimum atomic E-state index is 0.156. The van der Waals surface area contributed by atoms with Crippen LogP contribution in [-0.2, 0) is 4.79 Å². The number of hydrogen-bond donors (Lipinski definition) is 0. The molecule has 1 amide bonds. The second-order valence-electron chi connectivity index (χ2n) is 4.24. The molecule has 0 heterocycles. The highest BCUT2D eigenvalue weighted by Crippen LogP contribution is 2.22. The molecule has 0 spiro atoms. The van der Waals surface area contributed by atoms with Crippen molar-refractivity contribution in [1.82, 2.24) is 4.90 Å². The lowest BCUT2D eigenvalue weighted by molar-refractivity contribution is -0.130. The molecule has 0 unspecified atom stereocenters. The van der Waals surface area contributed by atoms with Crippen LogP contribution in [0.15, 0.2) is 24.3 Å². The minimum absolute atomic E-state index is 0.156. The summed E-state index contributed by atoms with van der Waals surface area (Å²) in [7, 11) is 1.80. The molecule has 5 heteroatoms. The van der Waals surface area contributed by atoms with Gasteiger partial charge in [-0.1, -0.05) is 39.7 Å². The summed E-state index contributed by atoms with van der Waals surface area (Å²) in [6.45, 7) is 1.02. The zero-order valence-corrected chi connectivity index (χ0v) is 13.4. The maximum atomic E-state index is 11.8. The van der Waals surface area contributed by atoms with E-state index in [1.54, 1.807) is 18.0 Å². The number of nitrogens with zero attached hydrogens (tertiary/aromatic N) is 1. The molecule has 106 valence electrons. The van der Waals surface area contributed by atoms with Crippen molar-refractivity contribution in [2.75, 3.05) is 25.5 Å². The van der Waals surface area contributed by atoms with Crippen molar-refractivity contribution in [3.8, 4) is 5.75 Å². The lowest BCUT2D eigenvalue weighted by Crippen LogP contribution is -2.30. The fourth-order valence-corrected chi connectivity index (χ4v) is 2.13. The van der Waals surface area contributed by atoms with Gasteiger partial charge < -0.3 is 9.64 Å². The molecule has 0 saturated heterocycles. The number of amides is 1. The van der Waals surface area contributed by atoms with Gasteiger partial charge in [-0.15, -0.1) is 0 Å². The number of ether oxygens (including phenoxy) is 1. The Bertz CT molecular complexity index is 401. The van der Waals surface area contributed by atoms with Crippen LogP contribution in [0, 0.1) is 0 Å². The van der Waals surface area contributed by atoms with Gasteiger partial charge >= 0.3 is 0 Å². The first kappa shape index (κ1) is 16.3. The number of carbonyl (C=O) groups excluding carboxylic acids is 1. The van der Waals surface area contributed by atoms with E-state index in [1.807, 2.05) is 18.2 Å². The number of para-hydroxylation sites is 1. The Balaban J connectivity index is 2.25. The summed E-state index contributed by atoms with van der Waals surface area (Å²) in [5.74, 6) is 0.813. The first-order valence-electron chi connectivity index (χ1n) is 6.32. The number of carbonyl (C=O) groups is 1. The van der Waals surface area contributed by atoms with Gasteiger partial charge in [0.25, 0.3) is 0 Å². The fraction of sp³-hybridized carbons (Fsp3) is 0.500. The van der Waals surface area contributed by atoms with E-state index in [2.05, 4.69) is 15.9 Å². The number of rotatable bonds is 8. The highest BCUT2D eigenvalue weighted by Gasteiger charge is 2.08. The molecule has 0 fully saturated rings. The van der Waals surface area contributed by atoms with Gasteiger partial charge in [-0.25, -0.2) is 0 Å². The van der Waals surface area contributed by atoms with Crippen molar-refractivity contribution in [2.24, 2.45) is 0 Å². The Morgan fingerprint density at radius 2 is 2.11 bits per heavy atom. The Labute approximate surface area is 128 Å². The maximum Gasteiger partial charge on any atom is 0.222 e. The molecule has 1 rings (SSSR count). The molecule has 0 aliphatic carbocycles. The first-order chi connectivity index (χ1) is 9.15. The number of alkyl halides is 1. The summed E-state index contributed by atoms with van der Waals surface area (Å²) < 4.78 is 5.55. The third-order valence-electron chi connectivity index (χ3n) is 2.72. The molecule has 3 nitrogen and oxygen atoms in total. The molecule has 0 aromatic heterocycles. The SMILES string of the molecule is CN(CCOc1ccccc1Cl)C(=O)CCCCBr. The number of likely N-dealkylation sites (N-methyl/N-ethyl adjacent to an activating group) is 1. The molecule has 0 saturated carbocycles. The predicted molar refractivity (Wildman–Crippen MR) is 82.2 cm³/mol. The summed E-state index contributed by atoms with van der Waals surface area (Å²) in [5.41, 5.74) is 0. The average molecular weight is 349 g/mol. The van der Waals surface area contributed by atoms with Gasteiger partial charge in [-0.2, -0.15) is 0 Å². The minimum Gasteiger partial charge on any atom is -0.490 e. The Morgan fingerprint density at radius 1 is 1.37 bits per heavy atom. The van der Waals surface area contributed by atoms with Crippen LogP contribution in [0.2, 0.25) is 5.02 Å². The maximum absolute atomic E-state index is 11.8. The predicted octanol–water partition coefficient (Wildman–Crippen LogP) is 3.74. The second-order valence-corrected chi connectivity index (χ2v) is 5.44. The molecule has 1 aromatic carbocycles. The van der Waals surface area contributed by atoms with Crippen LogP contribution in [0.4, 0.5) is 0 Å². The largest absolute Gasteiger partial charge is 0.490 e. The van der Waals surface area contributed by atoms with E-state index in [1.165, 1.54) is 0 Å². The van der Waals surface area contributed by atoms with Crippen molar-refractivity contribution in [2.45, 2.75) is 19.3 Å². The molecular formula is C14H19BrClNO2. The summed E-state index contributed by atoms with van der Waals surface area (Å²) in [4.78, 5) is 13.5. The van der Waals surface area contributed by atoms with Crippen molar-refractivity contribution in [1.29, 1.82) is 0 Å². The van der Waals surface area contributed by atoms with Crippen LogP contribution >= 0.6 is 27.5 Å². The van der Waals surface area contributed by atoms with Gasteiger partial charge in [0.15, 0.2) is 0 Å². The second kappa shape index (κ2) is 9.21. The lowest BCUT2D eigenvalue weighted by Gasteiger charge is -2.17. The first-order valence-corrected chi connectivity index (χ1v) is 7.82. The molecule has 0 aliphatic rings. The molecular weight excluding hydrogens is 330 g/mol. The van der Waals surface area contributed by atoms with E-state index in [-0.39, 0.29) is 5.91 Å². The van der Waals surface area contributed by atoms with Crippen molar-refractivity contribution < 1.29 is 9.53 Å². The summed E-state index contributed by atoms with van der Waals surface area (Å²) in [6, 6.07) is 7.33. The van der Waals surface area contributed by atoms with Crippen LogP contribution in [0.1, 0.15) is 19.3 Å². The van der Waals surface area contributed by atoms with Crippen LogP contribution in [0.25, 0.3) is 0 Å². The summed E-state index contributed by atoms with van der Waals surface area (Å²) in [5, 5.41) is 1.54. The standard InChI is InChI=1S/C14H19BrClNO2/c1-17(14(18)8-4-5-9-15)10-11-19-13-7-3-2-6-12(13)16/h2-3,6-7H,4-5,8-11H2,1H3. The molecule has 0 N–H and O–H groups in total. The molecule has 1 aromatic rings. The van der Waals surface area contributed by atoms with Crippen LogP contribution < -0.4 is 4.74 Å². The van der Waals surface area contributed by atoms with Crippen molar-refractivity contribution in [3.63, 3.8) is 0 Å². The van der Waals surface area contributed by atoms with E-state index in [4.69, 9.17) is 16.3 Å². The monoisotopic (exact) mass is 347 g/mol. The zero-order valence-electron chi connectivity index (χ0n) is 11.1. The molecule has 0 aliphatic heterocycles. The number of unbranched alkanes of at least 4 members (excludes halogenated alkanes) is 1. The van der Waals surface area contributed by atoms with E-state index in [9.17, 15) is 4.79 Å². The number of benzene rings is 1. The molecule has 0 atom stereocenters. The highest BCUT2D eigenvalue weighted by atomic mass is 79.9. The average Bonchev–Trinajstić information content (AvgIpc) is 2.41.